The minimum atomic E-state index is -0.554. The maximum absolute atomic E-state index is 12.8. The minimum Gasteiger partial charge on any atom is -0.364 e. The maximum atomic E-state index is 12.8. The van der Waals surface area contributed by atoms with Gasteiger partial charge in [0.2, 0.25) is 5.91 Å². The molecule has 130 valence electrons. The molecule has 6 heteroatoms. The number of thiophene rings is 1. The molecule has 5 nitrogen and oxygen atoms in total. The van der Waals surface area contributed by atoms with Crippen LogP contribution >= 0.6 is 11.3 Å². The molecule has 1 N–H and O–H groups in total. The molecule has 1 aromatic heterocycles. The molecule has 0 radical (unpaired) electrons. The van der Waals surface area contributed by atoms with Crippen molar-refractivity contribution in [2.75, 3.05) is 13.1 Å². The van der Waals surface area contributed by atoms with Gasteiger partial charge in [-0.1, -0.05) is 30.3 Å². The SMILES string of the molecule is CC(NC(=O)c1cccs1)C(=O)N1CCC2(C1)OCc1ccccc12. The first-order valence-corrected chi connectivity index (χ1v) is 9.32. The van der Waals surface area contributed by atoms with Gasteiger partial charge in [0, 0.05) is 6.54 Å². The summed E-state index contributed by atoms with van der Waals surface area (Å²) in [7, 11) is 0. The van der Waals surface area contributed by atoms with Crippen LogP contribution in [0.4, 0.5) is 0 Å². The van der Waals surface area contributed by atoms with E-state index in [-0.39, 0.29) is 17.4 Å². The fourth-order valence-electron chi connectivity index (χ4n) is 3.70. The summed E-state index contributed by atoms with van der Waals surface area (Å²) in [6, 6.07) is 11.2. The topological polar surface area (TPSA) is 58.6 Å². The van der Waals surface area contributed by atoms with Gasteiger partial charge in [-0.3, -0.25) is 9.59 Å². The first kappa shape index (κ1) is 16.3. The Morgan fingerprint density at radius 2 is 2.12 bits per heavy atom. The predicted molar refractivity (Wildman–Crippen MR) is 95.4 cm³/mol. The number of hydrogen-bond acceptors (Lipinski definition) is 4. The summed E-state index contributed by atoms with van der Waals surface area (Å²) >= 11 is 1.37. The third-order valence-electron chi connectivity index (χ3n) is 5.02. The number of rotatable bonds is 3. The van der Waals surface area contributed by atoms with Gasteiger partial charge in [0.25, 0.3) is 5.91 Å². The van der Waals surface area contributed by atoms with E-state index >= 15 is 0 Å². The number of ether oxygens (including phenoxy) is 1. The highest BCUT2D eigenvalue weighted by Gasteiger charge is 2.47. The van der Waals surface area contributed by atoms with Crippen LogP contribution in [0.1, 0.15) is 34.1 Å². The molecule has 2 atom stereocenters. The number of carbonyl (C=O) groups is 2. The molecule has 0 bridgehead atoms. The Morgan fingerprint density at radius 1 is 1.28 bits per heavy atom. The second-order valence-electron chi connectivity index (χ2n) is 6.62. The average Bonchev–Trinajstić information content (AvgIpc) is 3.36. The van der Waals surface area contributed by atoms with Crippen molar-refractivity contribution < 1.29 is 14.3 Å². The van der Waals surface area contributed by atoms with Crippen LogP contribution in [0.5, 0.6) is 0 Å². The van der Waals surface area contributed by atoms with Gasteiger partial charge in [-0.15, -0.1) is 11.3 Å². The highest BCUT2D eigenvalue weighted by molar-refractivity contribution is 7.12. The van der Waals surface area contributed by atoms with Gasteiger partial charge in [-0.05, 0) is 35.9 Å². The lowest BCUT2D eigenvalue weighted by Gasteiger charge is -2.26. The van der Waals surface area contributed by atoms with Crippen molar-refractivity contribution in [1.29, 1.82) is 0 Å². The van der Waals surface area contributed by atoms with Crippen molar-refractivity contribution in [3.05, 3.63) is 57.8 Å². The van der Waals surface area contributed by atoms with Crippen LogP contribution < -0.4 is 5.32 Å². The first-order chi connectivity index (χ1) is 12.1. The summed E-state index contributed by atoms with van der Waals surface area (Å²) in [6.45, 7) is 3.53. The molecule has 1 spiro atoms. The molecule has 2 aromatic rings. The van der Waals surface area contributed by atoms with Gasteiger partial charge in [0.05, 0.1) is 18.0 Å². The van der Waals surface area contributed by atoms with E-state index in [0.29, 0.717) is 24.6 Å². The summed E-state index contributed by atoms with van der Waals surface area (Å²) in [4.78, 5) is 27.3. The van der Waals surface area contributed by atoms with Crippen LogP contribution in [-0.2, 0) is 21.7 Å². The minimum absolute atomic E-state index is 0.0604. The van der Waals surface area contributed by atoms with Crippen molar-refractivity contribution in [2.24, 2.45) is 0 Å². The van der Waals surface area contributed by atoms with E-state index in [1.165, 1.54) is 22.5 Å². The summed E-state index contributed by atoms with van der Waals surface area (Å²) < 4.78 is 6.09. The third-order valence-corrected chi connectivity index (χ3v) is 5.89. The Hall–Kier alpha value is -2.18. The van der Waals surface area contributed by atoms with Gasteiger partial charge >= 0.3 is 0 Å². The van der Waals surface area contributed by atoms with Crippen LogP contribution in [0, 0.1) is 0 Å². The number of hydrogen-bond donors (Lipinski definition) is 1. The van der Waals surface area contributed by atoms with Crippen LogP contribution in [0.2, 0.25) is 0 Å². The largest absolute Gasteiger partial charge is 0.364 e. The molecule has 2 aliphatic rings. The summed E-state index contributed by atoms with van der Waals surface area (Å²) in [5.74, 6) is -0.262. The van der Waals surface area contributed by atoms with Gasteiger partial charge in [-0.2, -0.15) is 0 Å². The zero-order chi connectivity index (χ0) is 17.4. The highest BCUT2D eigenvalue weighted by atomic mass is 32.1. The van der Waals surface area contributed by atoms with Gasteiger partial charge in [0.1, 0.15) is 11.6 Å². The summed E-state index contributed by atoms with van der Waals surface area (Å²) in [5.41, 5.74) is 2.01. The lowest BCUT2D eigenvalue weighted by atomic mass is 9.92. The maximum Gasteiger partial charge on any atom is 0.261 e. The Bertz CT molecular complexity index is 805. The fraction of sp³-hybridized carbons (Fsp3) is 0.368. The van der Waals surface area contributed by atoms with Crippen LogP contribution in [0.3, 0.4) is 0 Å². The zero-order valence-corrected chi connectivity index (χ0v) is 14.8. The third kappa shape index (κ3) is 2.85. The monoisotopic (exact) mass is 356 g/mol. The Kier molecular flexibility index (Phi) is 4.09. The van der Waals surface area contributed by atoms with E-state index in [1.807, 2.05) is 28.5 Å². The van der Waals surface area contributed by atoms with Gasteiger partial charge < -0.3 is 15.0 Å². The lowest BCUT2D eigenvalue weighted by molar-refractivity contribution is -0.133. The molecule has 2 unspecified atom stereocenters. The van der Waals surface area contributed by atoms with E-state index in [2.05, 4.69) is 17.4 Å². The van der Waals surface area contributed by atoms with Crippen molar-refractivity contribution in [3.8, 4) is 0 Å². The normalized spacial score (nSPS) is 22.8. The Balaban J connectivity index is 1.43. The predicted octanol–water partition coefficient (Wildman–Crippen LogP) is 2.52. The molecule has 0 saturated carbocycles. The van der Waals surface area contributed by atoms with Crippen molar-refractivity contribution in [3.63, 3.8) is 0 Å². The number of carbonyl (C=O) groups excluding carboxylic acids is 2. The van der Waals surface area contributed by atoms with Gasteiger partial charge in [-0.25, -0.2) is 0 Å². The molecule has 3 heterocycles. The first-order valence-electron chi connectivity index (χ1n) is 8.44. The quantitative estimate of drug-likeness (QED) is 0.919. The molecule has 1 saturated heterocycles. The van der Waals surface area contributed by atoms with Crippen molar-refractivity contribution in [2.45, 2.75) is 31.6 Å². The number of amides is 2. The highest BCUT2D eigenvalue weighted by Crippen LogP contribution is 2.43. The Morgan fingerprint density at radius 3 is 2.92 bits per heavy atom. The van der Waals surface area contributed by atoms with E-state index in [1.54, 1.807) is 13.0 Å². The van der Waals surface area contributed by atoms with Crippen molar-refractivity contribution >= 4 is 23.2 Å². The molecule has 4 rings (SSSR count). The molecule has 2 aliphatic heterocycles. The fourth-order valence-corrected chi connectivity index (χ4v) is 4.33. The number of nitrogens with one attached hydrogen (secondary N) is 1. The molecule has 1 fully saturated rings. The number of likely N-dealkylation sites (tertiary alicyclic amines) is 1. The standard InChI is InChI=1S/C19H20N2O3S/c1-13(20-17(22)16-7-4-10-25-16)18(23)21-9-8-19(12-21)15-6-3-2-5-14(15)11-24-19/h2-7,10,13H,8-9,11-12H2,1H3,(H,20,22). The molecule has 0 aliphatic carbocycles. The van der Waals surface area contributed by atoms with Gasteiger partial charge in [0.15, 0.2) is 0 Å². The van der Waals surface area contributed by atoms with E-state index in [0.717, 1.165) is 6.42 Å². The summed E-state index contributed by atoms with van der Waals surface area (Å²) in [5, 5.41) is 4.64. The smallest absolute Gasteiger partial charge is 0.261 e. The van der Waals surface area contributed by atoms with E-state index in [9.17, 15) is 9.59 Å². The van der Waals surface area contributed by atoms with E-state index in [4.69, 9.17) is 4.74 Å². The molecule has 1 aromatic carbocycles. The number of benzene rings is 1. The number of fused-ring (bicyclic) bond motifs is 2. The van der Waals surface area contributed by atoms with E-state index < -0.39 is 6.04 Å². The van der Waals surface area contributed by atoms with Crippen LogP contribution in [0.25, 0.3) is 0 Å². The molecular formula is C19H20N2O3S. The zero-order valence-electron chi connectivity index (χ0n) is 14.0. The lowest BCUT2D eigenvalue weighted by Crippen LogP contribution is -2.47. The average molecular weight is 356 g/mol. The molecule has 2 amide bonds. The number of nitrogens with zero attached hydrogens (tertiary/aromatic N) is 1. The molecule has 25 heavy (non-hydrogen) atoms. The second kappa shape index (κ2) is 6.28. The van der Waals surface area contributed by atoms with Crippen molar-refractivity contribution in [1.82, 2.24) is 10.2 Å². The summed E-state index contributed by atoms with van der Waals surface area (Å²) in [6.07, 6.45) is 0.793. The van der Waals surface area contributed by atoms with Crippen LogP contribution in [0.15, 0.2) is 41.8 Å². The second-order valence-corrected chi connectivity index (χ2v) is 7.57. The van der Waals surface area contributed by atoms with Crippen LogP contribution in [-0.4, -0.2) is 35.8 Å². The Labute approximate surface area is 150 Å². The molecular weight excluding hydrogens is 336 g/mol.